The lowest BCUT2D eigenvalue weighted by molar-refractivity contribution is -0.111. The molecule has 7 nitrogen and oxygen atoms in total. The van der Waals surface area contributed by atoms with Gasteiger partial charge in [-0.1, -0.05) is 34.1 Å². The Morgan fingerprint density at radius 2 is 1.94 bits per heavy atom. The summed E-state index contributed by atoms with van der Waals surface area (Å²) in [5.41, 5.74) is 4.01. The quantitative estimate of drug-likeness (QED) is 0.205. The lowest BCUT2D eigenvalue weighted by Gasteiger charge is -2.10. The van der Waals surface area contributed by atoms with Crippen LogP contribution in [-0.4, -0.2) is 31.0 Å². The number of nitrogens with one attached hydrogen (secondary N) is 2. The Bertz CT molecular complexity index is 1560. The first-order chi connectivity index (χ1) is 17.1. The van der Waals surface area contributed by atoms with Crippen LogP contribution in [0.2, 0.25) is 0 Å². The largest absolute Gasteiger partial charge is 0.340 e. The predicted octanol–water partition coefficient (Wildman–Crippen LogP) is 5.80. The van der Waals surface area contributed by atoms with Crippen molar-refractivity contribution in [3.63, 3.8) is 0 Å². The monoisotopic (exact) mass is 530 g/mol. The van der Waals surface area contributed by atoms with Crippen molar-refractivity contribution in [2.75, 3.05) is 16.0 Å². The highest BCUT2D eigenvalue weighted by atomic mass is 79.9. The maximum Gasteiger partial charge on any atom is 0.248 e. The van der Waals surface area contributed by atoms with E-state index in [-0.39, 0.29) is 11.7 Å². The molecule has 0 atom stereocenters. The number of nitrogens with zero attached hydrogens (tertiary/aromatic N) is 4. The number of aromatic nitrogens is 4. The summed E-state index contributed by atoms with van der Waals surface area (Å²) < 4.78 is 15.4. The molecular weight excluding hydrogens is 511 g/mol. The number of halogens is 2. The molecule has 0 saturated heterocycles. The number of hydrogen-bond acceptors (Lipinski definition) is 5. The molecule has 5 aromatic rings. The smallest absolute Gasteiger partial charge is 0.248 e. The lowest BCUT2D eigenvalue weighted by atomic mass is 10.2. The molecule has 3 aromatic carbocycles. The lowest BCUT2D eigenvalue weighted by Crippen LogP contribution is -2.08. The number of allylic oxidation sites excluding steroid dienone is 1. The first-order valence-corrected chi connectivity index (χ1v) is 12.0. The minimum absolute atomic E-state index is 0.212. The Morgan fingerprint density at radius 1 is 1.06 bits per heavy atom. The van der Waals surface area contributed by atoms with E-state index < -0.39 is 0 Å². The molecule has 2 heterocycles. The molecule has 0 spiro atoms. The van der Waals surface area contributed by atoms with E-state index in [2.05, 4.69) is 41.6 Å². The van der Waals surface area contributed by atoms with Gasteiger partial charge in [-0.05, 0) is 54.1 Å². The third kappa shape index (κ3) is 5.20. The van der Waals surface area contributed by atoms with Crippen LogP contribution in [0.1, 0.15) is 5.56 Å². The third-order valence-electron chi connectivity index (χ3n) is 5.39. The van der Waals surface area contributed by atoms with Crippen LogP contribution in [0.15, 0.2) is 85.3 Å². The fourth-order valence-electron chi connectivity index (χ4n) is 3.81. The van der Waals surface area contributed by atoms with Gasteiger partial charge in [0.15, 0.2) is 0 Å². The van der Waals surface area contributed by atoms with Crippen LogP contribution in [0, 0.1) is 5.82 Å². The highest BCUT2D eigenvalue weighted by Crippen LogP contribution is 2.28. The van der Waals surface area contributed by atoms with E-state index >= 15 is 0 Å². The number of carbonyl (C=O) groups is 1. The normalized spacial score (nSPS) is 11.4. The van der Waals surface area contributed by atoms with Crippen molar-refractivity contribution < 1.29 is 9.18 Å². The second-order valence-electron chi connectivity index (χ2n) is 7.83. The zero-order chi connectivity index (χ0) is 24.2. The molecule has 5 rings (SSSR count). The number of anilines is 3. The Labute approximate surface area is 208 Å². The second kappa shape index (κ2) is 10.0. The molecule has 35 heavy (non-hydrogen) atoms. The summed E-state index contributed by atoms with van der Waals surface area (Å²) in [6.45, 7) is 0.476. The summed E-state index contributed by atoms with van der Waals surface area (Å²) in [6, 6.07) is 17.9. The van der Waals surface area contributed by atoms with Crippen molar-refractivity contribution in [1.29, 1.82) is 0 Å². The Balaban J connectivity index is 1.40. The van der Waals surface area contributed by atoms with Crippen molar-refractivity contribution in [2.24, 2.45) is 0 Å². The molecule has 2 N–H and O–H groups in total. The van der Waals surface area contributed by atoms with Crippen LogP contribution in [0.4, 0.5) is 21.6 Å². The van der Waals surface area contributed by atoms with E-state index in [9.17, 15) is 9.18 Å². The van der Waals surface area contributed by atoms with E-state index in [0.29, 0.717) is 23.4 Å². The first-order valence-electron chi connectivity index (χ1n) is 10.8. The molecule has 174 valence electrons. The van der Waals surface area contributed by atoms with Crippen LogP contribution >= 0.6 is 15.9 Å². The van der Waals surface area contributed by atoms with Gasteiger partial charge in [-0.25, -0.2) is 14.4 Å². The van der Waals surface area contributed by atoms with Crippen LogP contribution in [0.25, 0.3) is 21.8 Å². The molecule has 0 bridgehead atoms. The highest BCUT2D eigenvalue weighted by molar-refractivity contribution is 9.09. The molecule has 0 radical (unpaired) electrons. The van der Waals surface area contributed by atoms with E-state index in [0.717, 1.165) is 33.1 Å². The zero-order valence-corrected chi connectivity index (χ0v) is 20.0. The van der Waals surface area contributed by atoms with Gasteiger partial charge in [0, 0.05) is 33.6 Å². The number of hydrogen-bond donors (Lipinski definition) is 2. The average molecular weight is 531 g/mol. The molecule has 0 aliphatic rings. The summed E-state index contributed by atoms with van der Waals surface area (Å²) in [5, 5.41) is 13.0. The number of alkyl halides is 1. The Kier molecular flexibility index (Phi) is 6.49. The van der Waals surface area contributed by atoms with Gasteiger partial charge in [0.05, 0.1) is 23.8 Å². The molecule has 0 unspecified atom stereocenters. The Hall–Kier alpha value is -4.11. The predicted molar refractivity (Wildman–Crippen MR) is 140 cm³/mol. The minimum atomic E-state index is -0.263. The van der Waals surface area contributed by atoms with Crippen molar-refractivity contribution in [3.05, 3.63) is 96.7 Å². The van der Waals surface area contributed by atoms with Crippen LogP contribution in [0.3, 0.4) is 0 Å². The number of carbonyl (C=O) groups excluding carboxylic acids is 1. The average Bonchev–Trinajstić information content (AvgIpc) is 3.25. The maximum absolute atomic E-state index is 13.5. The molecule has 0 fully saturated rings. The first kappa shape index (κ1) is 22.7. The molecule has 1 amide bonds. The topological polar surface area (TPSA) is 84.7 Å². The summed E-state index contributed by atoms with van der Waals surface area (Å²) in [6.07, 6.45) is 6.48. The summed E-state index contributed by atoms with van der Waals surface area (Å²) >= 11 is 3.26. The molecule has 2 aromatic heterocycles. The summed E-state index contributed by atoms with van der Waals surface area (Å²) in [4.78, 5) is 20.8. The van der Waals surface area contributed by atoms with Gasteiger partial charge in [-0.2, -0.15) is 5.10 Å². The van der Waals surface area contributed by atoms with Gasteiger partial charge >= 0.3 is 0 Å². The summed E-state index contributed by atoms with van der Waals surface area (Å²) in [5.74, 6) is 0.144. The summed E-state index contributed by atoms with van der Waals surface area (Å²) in [7, 11) is 0. The van der Waals surface area contributed by atoms with Gasteiger partial charge in [0.25, 0.3) is 0 Å². The van der Waals surface area contributed by atoms with Gasteiger partial charge in [0.1, 0.15) is 18.0 Å². The van der Waals surface area contributed by atoms with E-state index in [1.807, 2.05) is 41.1 Å². The van der Waals surface area contributed by atoms with Gasteiger partial charge in [-0.3, -0.25) is 9.48 Å². The molecule has 9 heteroatoms. The molecule has 0 saturated carbocycles. The SMILES string of the molecule is O=C(/C=C/CBr)Nc1ccc2ncnc(Nc3ccc4c(cnn4Cc4cccc(F)c4)c3)c2c1. The maximum atomic E-state index is 13.5. The van der Waals surface area contributed by atoms with Crippen molar-refractivity contribution in [2.45, 2.75) is 6.54 Å². The zero-order valence-electron chi connectivity index (χ0n) is 18.5. The van der Waals surface area contributed by atoms with Crippen LogP contribution < -0.4 is 10.6 Å². The van der Waals surface area contributed by atoms with E-state index in [1.165, 1.54) is 24.5 Å². The van der Waals surface area contributed by atoms with Gasteiger partial charge < -0.3 is 10.6 Å². The number of amides is 1. The van der Waals surface area contributed by atoms with E-state index in [4.69, 9.17) is 0 Å². The van der Waals surface area contributed by atoms with E-state index in [1.54, 1.807) is 24.4 Å². The van der Waals surface area contributed by atoms with Crippen LogP contribution in [-0.2, 0) is 11.3 Å². The van der Waals surface area contributed by atoms with Gasteiger partial charge in [0.2, 0.25) is 5.91 Å². The van der Waals surface area contributed by atoms with Crippen molar-refractivity contribution in [1.82, 2.24) is 19.7 Å². The highest BCUT2D eigenvalue weighted by Gasteiger charge is 2.09. The van der Waals surface area contributed by atoms with Crippen LogP contribution in [0.5, 0.6) is 0 Å². The standard InChI is InChI=1S/C26H20BrFN6O/c27-10-2-5-25(35)32-21-6-8-23-22(13-21)26(30-16-29-23)33-20-7-9-24-18(12-20)14-31-34(24)15-17-3-1-4-19(28)11-17/h1-9,11-14,16H,10,15H2,(H,32,35)(H,29,30,33)/b5-2+. The Morgan fingerprint density at radius 3 is 2.80 bits per heavy atom. The molecule has 0 aliphatic carbocycles. The third-order valence-corrected chi connectivity index (χ3v) is 5.76. The molecular formula is C26H20BrFN6O. The number of fused-ring (bicyclic) bond motifs is 2. The van der Waals surface area contributed by atoms with Gasteiger partial charge in [-0.15, -0.1) is 0 Å². The number of benzene rings is 3. The van der Waals surface area contributed by atoms with Crippen molar-refractivity contribution in [3.8, 4) is 0 Å². The second-order valence-corrected chi connectivity index (χ2v) is 8.48. The van der Waals surface area contributed by atoms with Crippen molar-refractivity contribution >= 4 is 60.8 Å². The minimum Gasteiger partial charge on any atom is -0.340 e. The molecule has 0 aliphatic heterocycles. The number of rotatable bonds is 7. The fraction of sp³-hybridized carbons (Fsp3) is 0.0769. The fourth-order valence-corrected chi connectivity index (χ4v) is 3.99.